The molecule has 0 spiro atoms. The van der Waals surface area contributed by atoms with Crippen LogP contribution in [0, 0.1) is 0 Å². The minimum atomic E-state index is 0.774. The van der Waals surface area contributed by atoms with Crippen LogP contribution in [0.1, 0.15) is 5.82 Å². The Morgan fingerprint density at radius 1 is 1.19 bits per heavy atom. The minimum Gasteiger partial charge on any atom is -0.319 e. The molecule has 1 N–H and O–H groups in total. The monoisotopic (exact) mass is 214 g/mol. The SMILES string of the molecule is CNCCc1nncc(-c2ccccc2)n1. The van der Waals surface area contributed by atoms with Crippen LogP contribution in [0.2, 0.25) is 0 Å². The van der Waals surface area contributed by atoms with E-state index >= 15 is 0 Å². The van der Waals surface area contributed by atoms with Crippen LogP contribution in [0.5, 0.6) is 0 Å². The smallest absolute Gasteiger partial charge is 0.152 e. The molecule has 0 atom stereocenters. The van der Waals surface area contributed by atoms with Crippen LogP contribution in [-0.4, -0.2) is 28.8 Å². The Kier molecular flexibility index (Phi) is 3.56. The highest BCUT2D eigenvalue weighted by Crippen LogP contribution is 2.14. The Labute approximate surface area is 94.8 Å². The maximum absolute atomic E-state index is 4.47. The summed E-state index contributed by atoms with van der Waals surface area (Å²) in [6, 6.07) is 10.0. The van der Waals surface area contributed by atoms with Crippen molar-refractivity contribution in [2.45, 2.75) is 6.42 Å². The number of rotatable bonds is 4. The van der Waals surface area contributed by atoms with E-state index in [9.17, 15) is 0 Å². The van der Waals surface area contributed by atoms with Gasteiger partial charge < -0.3 is 5.32 Å². The quantitative estimate of drug-likeness (QED) is 0.833. The van der Waals surface area contributed by atoms with Gasteiger partial charge in [-0.1, -0.05) is 30.3 Å². The summed E-state index contributed by atoms with van der Waals surface area (Å²) in [5, 5.41) is 11.0. The molecular weight excluding hydrogens is 200 g/mol. The Hall–Kier alpha value is -1.81. The number of hydrogen-bond donors (Lipinski definition) is 1. The largest absolute Gasteiger partial charge is 0.319 e. The van der Waals surface area contributed by atoms with Crippen LogP contribution < -0.4 is 5.32 Å². The average Bonchev–Trinajstić information content (AvgIpc) is 2.38. The van der Waals surface area contributed by atoms with Gasteiger partial charge in [-0.15, -0.1) is 5.10 Å². The molecule has 0 unspecified atom stereocenters. The predicted octanol–water partition coefficient (Wildman–Crippen LogP) is 1.30. The van der Waals surface area contributed by atoms with E-state index in [1.165, 1.54) is 0 Å². The summed E-state index contributed by atoms with van der Waals surface area (Å²) >= 11 is 0. The highest BCUT2D eigenvalue weighted by molar-refractivity contribution is 5.57. The van der Waals surface area contributed by atoms with Crippen LogP contribution in [-0.2, 0) is 6.42 Å². The molecule has 1 aromatic heterocycles. The number of benzene rings is 1. The fraction of sp³-hybridized carbons (Fsp3) is 0.250. The predicted molar refractivity (Wildman–Crippen MR) is 62.9 cm³/mol. The second-order valence-corrected chi connectivity index (χ2v) is 3.48. The van der Waals surface area contributed by atoms with Crippen molar-refractivity contribution in [2.75, 3.05) is 13.6 Å². The lowest BCUT2D eigenvalue weighted by Gasteiger charge is -2.02. The minimum absolute atomic E-state index is 0.774. The van der Waals surface area contributed by atoms with Crippen molar-refractivity contribution in [3.05, 3.63) is 42.4 Å². The summed E-state index contributed by atoms with van der Waals surface area (Å²) in [5.74, 6) is 0.774. The van der Waals surface area contributed by atoms with E-state index in [0.717, 1.165) is 30.0 Å². The van der Waals surface area contributed by atoms with Gasteiger partial charge in [-0.25, -0.2) is 4.98 Å². The summed E-state index contributed by atoms with van der Waals surface area (Å²) in [6.45, 7) is 0.861. The molecule has 0 bridgehead atoms. The normalized spacial score (nSPS) is 10.3. The summed E-state index contributed by atoms with van der Waals surface area (Å²) in [7, 11) is 1.91. The standard InChI is InChI=1S/C12H14N4/c1-13-8-7-12-15-11(9-14-16-12)10-5-3-2-4-6-10/h2-6,9,13H,7-8H2,1H3. The third-order valence-corrected chi connectivity index (χ3v) is 2.27. The first kappa shape index (κ1) is 10.7. The van der Waals surface area contributed by atoms with Crippen molar-refractivity contribution < 1.29 is 0 Å². The second kappa shape index (κ2) is 5.32. The first-order valence-corrected chi connectivity index (χ1v) is 5.29. The molecule has 1 heterocycles. The van der Waals surface area contributed by atoms with Gasteiger partial charge >= 0.3 is 0 Å². The maximum Gasteiger partial charge on any atom is 0.152 e. The second-order valence-electron chi connectivity index (χ2n) is 3.48. The van der Waals surface area contributed by atoms with E-state index in [2.05, 4.69) is 20.5 Å². The molecule has 4 heteroatoms. The molecule has 0 fully saturated rings. The molecule has 0 saturated carbocycles. The van der Waals surface area contributed by atoms with Crippen molar-refractivity contribution >= 4 is 0 Å². The van der Waals surface area contributed by atoms with Crippen molar-refractivity contribution in [2.24, 2.45) is 0 Å². The van der Waals surface area contributed by atoms with Crippen LogP contribution in [0.15, 0.2) is 36.5 Å². The fourth-order valence-electron chi connectivity index (χ4n) is 1.43. The molecule has 0 aliphatic carbocycles. The first-order valence-electron chi connectivity index (χ1n) is 5.29. The van der Waals surface area contributed by atoms with Crippen LogP contribution in [0.25, 0.3) is 11.3 Å². The van der Waals surface area contributed by atoms with E-state index in [1.54, 1.807) is 6.20 Å². The summed E-state index contributed by atoms with van der Waals surface area (Å²) in [6.07, 6.45) is 2.49. The van der Waals surface area contributed by atoms with Crippen LogP contribution in [0.3, 0.4) is 0 Å². The Balaban J connectivity index is 2.22. The molecule has 1 aromatic carbocycles. The third kappa shape index (κ3) is 2.61. The van der Waals surface area contributed by atoms with Gasteiger partial charge in [0.2, 0.25) is 0 Å². The van der Waals surface area contributed by atoms with Gasteiger partial charge in [-0.3, -0.25) is 0 Å². The number of nitrogens with one attached hydrogen (secondary N) is 1. The van der Waals surface area contributed by atoms with Gasteiger partial charge in [-0.2, -0.15) is 5.10 Å². The molecule has 0 saturated heterocycles. The van der Waals surface area contributed by atoms with Gasteiger partial charge in [0.1, 0.15) is 0 Å². The van der Waals surface area contributed by atoms with E-state index in [4.69, 9.17) is 0 Å². The zero-order chi connectivity index (χ0) is 11.2. The molecule has 0 aliphatic rings. The Morgan fingerprint density at radius 3 is 2.75 bits per heavy atom. The van der Waals surface area contributed by atoms with Crippen molar-refractivity contribution in [3.63, 3.8) is 0 Å². The number of hydrogen-bond acceptors (Lipinski definition) is 4. The number of nitrogens with zero attached hydrogens (tertiary/aromatic N) is 3. The zero-order valence-electron chi connectivity index (χ0n) is 9.22. The van der Waals surface area contributed by atoms with Crippen molar-refractivity contribution in [3.8, 4) is 11.3 Å². The highest BCUT2D eigenvalue weighted by atomic mass is 15.1. The molecule has 0 radical (unpaired) electrons. The average molecular weight is 214 g/mol. The van der Waals surface area contributed by atoms with Gasteiger partial charge in [0.25, 0.3) is 0 Å². The van der Waals surface area contributed by atoms with Gasteiger partial charge in [0, 0.05) is 18.5 Å². The van der Waals surface area contributed by atoms with E-state index < -0.39 is 0 Å². The molecular formula is C12H14N4. The van der Waals surface area contributed by atoms with E-state index in [0.29, 0.717) is 0 Å². The van der Waals surface area contributed by atoms with Crippen LogP contribution in [0.4, 0.5) is 0 Å². The van der Waals surface area contributed by atoms with E-state index in [-0.39, 0.29) is 0 Å². The lowest BCUT2D eigenvalue weighted by molar-refractivity contribution is 0.735. The summed E-state index contributed by atoms with van der Waals surface area (Å²) < 4.78 is 0. The van der Waals surface area contributed by atoms with Crippen molar-refractivity contribution in [1.82, 2.24) is 20.5 Å². The molecule has 2 aromatic rings. The highest BCUT2D eigenvalue weighted by Gasteiger charge is 2.02. The van der Waals surface area contributed by atoms with Crippen LogP contribution >= 0.6 is 0 Å². The molecule has 82 valence electrons. The molecule has 0 amide bonds. The van der Waals surface area contributed by atoms with E-state index in [1.807, 2.05) is 37.4 Å². The fourth-order valence-corrected chi connectivity index (χ4v) is 1.43. The lowest BCUT2D eigenvalue weighted by atomic mass is 10.2. The van der Waals surface area contributed by atoms with Gasteiger partial charge in [0.15, 0.2) is 5.82 Å². The molecule has 0 aliphatic heterocycles. The zero-order valence-corrected chi connectivity index (χ0v) is 9.22. The van der Waals surface area contributed by atoms with Crippen molar-refractivity contribution in [1.29, 1.82) is 0 Å². The van der Waals surface area contributed by atoms with Gasteiger partial charge in [-0.05, 0) is 7.05 Å². The molecule has 2 rings (SSSR count). The molecule has 16 heavy (non-hydrogen) atoms. The summed E-state index contributed by atoms with van der Waals surface area (Å²) in [5.41, 5.74) is 1.95. The number of likely N-dealkylation sites (N-methyl/N-ethyl adjacent to an activating group) is 1. The molecule has 4 nitrogen and oxygen atoms in total. The Bertz CT molecular complexity index is 442. The first-order chi connectivity index (χ1) is 7.90. The lowest BCUT2D eigenvalue weighted by Crippen LogP contribution is -2.12. The van der Waals surface area contributed by atoms with Gasteiger partial charge in [0.05, 0.1) is 11.9 Å². The Morgan fingerprint density at radius 2 is 2.00 bits per heavy atom. The number of aromatic nitrogens is 3. The topological polar surface area (TPSA) is 50.7 Å². The maximum atomic E-state index is 4.47. The summed E-state index contributed by atoms with van der Waals surface area (Å²) in [4.78, 5) is 4.47. The third-order valence-electron chi connectivity index (χ3n) is 2.27.